The number of hydrogen-bond donors (Lipinski definition) is 3. The van der Waals surface area contributed by atoms with Crippen molar-refractivity contribution in [1.82, 2.24) is 5.32 Å². The maximum Gasteiger partial charge on any atom is 0.417 e. The van der Waals surface area contributed by atoms with Crippen LogP contribution in [0.1, 0.15) is 0 Å². The molecule has 2 rings (SSSR count). The van der Waals surface area contributed by atoms with E-state index in [9.17, 15) is 9.59 Å². The predicted molar refractivity (Wildman–Crippen MR) is 87.2 cm³/mol. The molecule has 0 aliphatic carbocycles. The molecule has 0 heterocycles. The number of nitrogens with one attached hydrogen (secondary N) is 3. The highest BCUT2D eigenvalue weighted by Gasteiger charge is 2.07. The van der Waals surface area contributed by atoms with Crippen LogP contribution in [0.5, 0.6) is 11.5 Å². The first-order valence-corrected chi connectivity index (χ1v) is 6.82. The molecule has 0 radical (unpaired) electrons. The van der Waals surface area contributed by atoms with Gasteiger partial charge >= 0.3 is 12.1 Å². The van der Waals surface area contributed by atoms with E-state index >= 15 is 0 Å². The van der Waals surface area contributed by atoms with Crippen molar-refractivity contribution in [1.29, 1.82) is 0 Å². The second-order valence-electron chi connectivity index (χ2n) is 4.47. The van der Waals surface area contributed by atoms with Crippen molar-refractivity contribution in [2.45, 2.75) is 0 Å². The van der Waals surface area contributed by atoms with E-state index < -0.39 is 6.09 Å². The molecule has 0 spiro atoms. The van der Waals surface area contributed by atoms with Gasteiger partial charge in [-0.2, -0.15) is 0 Å². The number of carbonyl (C=O) groups excluding carboxylic acids is 2. The molecule has 0 aliphatic rings. The van der Waals surface area contributed by atoms with E-state index in [1.54, 1.807) is 55.6 Å². The molecule has 23 heavy (non-hydrogen) atoms. The Morgan fingerprint density at radius 1 is 0.913 bits per heavy atom. The highest BCUT2D eigenvalue weighted by Crippen LogP contribution is 2.19. The van der Waals surface area contributed by atoms with Crippen LogP contribution < -0.4 is 25.4 Å². The van der Waals surface area contributed by atoms with E-state index in [0.29, 0.717) is 22.9 Å². The van der Waals surface area contributed by atoms with E-state index in [1.165, 1.54) is 7.05 Å². The van der Waals surface area contributed by atoms with E-state index in [-0.39, 0.29) is 6.03 Å². The molecule has 0 fully saturated rings. The van der Waals surface area contributed by atoms with Gasteiger partial charge in [0.25, 0.3) is 0 Å². The lowest BCUT2D eigenvalue weighted by atomic mass is 10.3. The average molecular weight is 315 g/mol. The smallest absolute Gasteiger partial charge is 0.417 e. The van der Waals surface area contributed by atoms with Crippen molar-refractivity contribution in [3.05, 3.63) is 48.5 Å². The first-order chi connectivity index (χ1) is 11.1. The summed E-state index contributed by atoms with van der Waals surface area (Å²) < 4.78 is 10.2. The summed E-state index contributed by atoms with van der Waals surface area (Å²) in [6, 6.07) is 13.0. The number of methoxy groups -OCH3 is 1. The van der Waals surface area contributed by atoms with Crippen molar-refractivity contribution in [3.8, 4) is 11.5 Å². The van der Waals surface area contributed by atoms with Gasteiger partial charge < -0.3 is 20.1 Å². The largest absolute Gasteiger partial charge is 0.497 e. The molecule has 0 saturated carbocycles. The van der Waals surface area contributed by atoms with E-state index in [0.717, 1.165) is 0 Å². The molecule has 3 amide bonds. The van der Waals surface area contributed by atoms with Crippen LogP contribution in [0.4, 0.5) is 21.0 Å². The second-order valence-corrected chi connectivity index (χ2v) is 4.47. The van der Waals surface area contributed by atoms with Gasteiger partial charge in [-0.1, -0.05) is 6.07 Å². The Morgan fingerprint density at radius 3 is 2.30 bits per heavy atom. The summed E-state index contributed by atoms with van der Waals surface area (Å²) in [7, 11) is 3.08. The van der Waals surface area contributed by atoms with Gasteiger partial charge in [-0.25, -0.2) is 9.59 Å². The summed E-state index contributed by atoms with van der Waals surface area (Å²) in [6.45, 7) is 0. The van der Waals surface area contributed by atoms with Crippen LogP contribution in [0.15, 0.2) is 48.5 Å². The summed E-state index contributed by atoms with van der Waals surface area (Å²) in [6.07, 6.45) is -0.632. The minimum atomic E-state index is -0.632. The molecule has 0 unspecified atom stereocenters. The lowest BCUT2D eigenvalue weighted by Gasteiger charge is -2.09. The summed E-state index contributed by atoms with van der Waals surface area (Å²) in [4.78, 5) is 23.1. The molecular formula is C16H17N3O4. The Morgan fingerprint density at radius 2 is 1.65 bits per heavy atom. The Labute approximate surface area is 133 Å². The third-order valence-corrected chi connectivity index (χ3v) is 2.87. The molecule has 0 aromatic heterocycles. The zero-order chi connectivity index (χ0) is 16.7. The van der Waals surface area contributed by atoms with Crippen molar-refractivity contribution in [2.75, 3.05) is 24.8 Å². The number of carbonyl (C=O) groups is 2. The monoisotopic (exact) mass is 315 g/mol. The molecule has 0 saturated heterocycles. The van der Waals surface area contributed by atoms with E-state index in [2.05, 4.69) is 16.0 Å². The summed E-state index contributed by atoms with van der Waals surface area (Å²) in [5, 5.41) is 7.62. The topological polar surface area (TPSA) is 88.7 Å². The molecule has 7 heteroatoms. The van der Waals surface area contributed by atoms with Crippen LogP contribution in [-0.2, 0) is 0 Å². The molecule has 0 aliphatic heterocycles. The number of ether oxygens (including phenoxy) is 2. The minimum absolute atomic E-state index is 0.310. The Kier molecular flexibility index (Phi) is 5.40. The Balaban J connectivity index is 1.96. The van der Waals surface area contributed by atoms with Crippen molar-refractivity contribution in [3.63, 3.8) is 0 Å². The zero-order valence-electron chi connectivity index (χ0n) is 12.8. The fourth-order valence-electron chi connectivity index (χ4n) is 1.76. The van der Waals surface area contributed by atoms with Gasteiger partial charge in [-0.3, -0.25) is 5.32 Å². The van der Waals surface area contributed by atoms with Crippen molar-refractivity contribution >= 4 is 23.5 Å². The van der Waals surface area contributed by atoms with Gasteiger partial charge in [0.15, 0.2) is 0 Å². The van der Waals surface area contributed by atoms with Crippen LogP contribution in [0.25, 0.3) is 0 Å². The fourth-order valence-corrected chi connectivity index (χ4v) is 1.76. The lowest BCUT2D eigenvalue weighted by molar-refractivity contribution is 0.215. The highest BCUT2D eigenvalue weighted by molar-refractivity contribution is 5.90. The number of benzene rings is 2. The highest BCUT2D eigenvalue weighted by atomic mass is 16.6. The van der Waals surface area contributed by atoms with Gasteiger partial charge in [-0.05, 0) is 36.4 Å². The third kappa shape index (κ3) is 4.92. The summed E-state index contributed by atoms with van der Waals surface area (Å²) in [5.74, 6) is 1.00. The average Bonchev–Trinajstić information content (AvgIpc) is 2.55. The maximum atomic E-state index is 11.9. The molecule has 0 bridgehead atoms. The van der Waals surface area contributed by atoms with Gasteiger partial charge in [0.05, 0.1) is 7.11 Å². The number of urea groups is 1. The van der Waals surface area contributed by atoms with E-state index in [1.807, 2.05) is 0 Å². The molecule has 7 nitrogen and oxygen atoms in total. The fraction of sp³-hybridized carbons (Fsp3) is 0.125. The molecular weight excluding hydrogens is 298 g/mol. The van der Waals surface area contributed by atoms with Crippen molar-refractivity contribution < 1.29 is 19.1 Å². The number of amides is 3. The number of hydrogen-bond acceptors (Lipinski definition) is 4. The standard InChI is InChI=1S/C16H17N3O4/c1-17-15(20)18-12-4-3-5-14(10-12)23-16(21)19-11-6-8-13(22-2)9-7-11/h3-10H,1-2H3,(H,19,21)(H2,17,18,20). The Bertz CT molecular complexity index is 686. The van der Waals surface area contributed by atoms with Gasteiger partial charge in [0, 0.05) is 24.5 Å². The number of anilines is 2. The predicted octanol–water partition coefficient (Wildman–Crippen LogP) is 3.06. The van der Waals surface area contributed by atoms with E-state index in [4.69, 9.17) is 9.47 Å². The summed E-state index contributed by atoms with van der Waals surface area (Å²) >= 11 is 0. The van der Waals surface area contributed by atoms with Crippen LogP contribution in [-0.4, -0.2) is 26.3 Å². The van der Waals surface area contributed by atoms with Gasteiger partial charge in [-0.15, -0.1) is 0 Å². The van der Waals surface area contributed by atoms with Gasteiger partial charge in [0.1, 0.15) is 11.5 Å². The zero-order valence-corrected chi connectivity index (χ0v) is 12.8. The normalized spacial score (nSPS) is 9.65. The molecule has 3 N–H and O–H groups in total. The maximum absolute atomic E-state index is 11.9. The molecule has 120 valence electrons. The quantitative estimate of drug-likeness (QED) is 0.809. The Hall–Kier alpha value is -3.22. The van der Waals surface area contributed by atoms with Crippen LogP contribution >= 0.6 is 0 Å². The minimum Gasteiger partial charge on any atom is -0.497 e. The second kappa shape index (κ2) is 7.69. The van der Waals surface area contributed by atoms with Crippen LogP contribution in [0, 0.1) is 0 Å². The summed E-state index contributed by atoms with van der Waals surface area (Å²) in [5.41, 5.74) is 1.09. The van der Waals surface area contributed by atoms with Crippen LogP contribution in [0.2, 0.25) is 0 Å². The van der Waals surface area contributed by atoms with Gasteiger partial charge in [0.2, 0.25) is 0 Å². The SMILES string of the molecule is CNC(=O)Nc1cccc(OC(=O)Nc2ccc(OC)cc2)c1. The van der Waals surface area contributed by atoms with Crippen LogP contribution in [0.3, 0.4) is 0 Å². The molecule has 2 aromatic carbocycles. The third-order valence-electron chi connectivity index (χ3n) is 2.87. The number of rotatable bonds is 4. The first kappa shape index (κ1) is 16.2. The molecule has 0 atom stereocenters. The first-order valence-electron chi connectivity index (χ1n) is 6.82. The van der Waals surface area contributed by atoms with Crippen molar-refractivity contribution in [2.24, 2.45) is 0 Å². The molecule has 2 aromatic rings. The lowest BCUT2D eigenvalue weighted by Crippen LogP contribution is -2.24.